The Bertz CT molecular complexity index is 2060. The molecule has 2 aliphatic heterocycles. The van der Waals surface area contributed by atoms with Crippen LogP contribution in [-0.4, -0.2) is 133 Å². The van der Waals surface area contributed by atoms with E-state index in [1.54, 1.807) is 52.8 Å². The van der Waals surface area contributed by atoms with Gasteiger partial charge in [0.25, 0.3) is 21.9 Å². The van der Waals surface area contributed by atoms with Gasteiger partial charge < -0.3 is 40.7 Å². The third kappa shape index (κ3) is 13.7. The normalized spacial score (nSPS) is 20.9. The van der Waals surface area contributed by atoms with Crippen LogP contribution in [0.5, 0.6) is 0 Å². The minimum atomic E-state index is -4.23. The summed E-state index contributed by atoms with van der Waals surface area (Å²) in [5, 5.41) is 46.3. The zero-order valence-electron chi connectivity index (χ0n) is 34.8. The molecule has 0 spiro atoms. The zero-order valence-corrected chi connectivity index (χ0v) is 35.6. The molecule has 2 aliphatic rings. The summed E-state index contributed by atoms with van der Waals surface area (Å²) in [5.41, 5.74) is 0.823. The highest BCUT2D eigenvalue weighted by Gasteiger charge is 2.38. The lowest BCUT2D eigenvalue weighted by atomic mass is 9.93. The van der Waals surface area contributed by atoms with Crippen LogP contribution in [0.2, 0.25) is 0 Å². The standard InChI is InChI=1S/C39H55N7O14S/c1-21(2)33(42-30(48)17-27(46-31(49)12-13-32(46)50)26-18-45(44-43-26)14-7-15-61(56,57)58)37(54)40-22(3)36(53)41-25-10-8-24(19-60-38(55)39(4,5)6)23(16-25)9-11-29-35(52)34(51)28(47)20-59-29/h8,10,12-13,16,18,21-22,27-29,33-35,47,51-52H,7,9,11,14-15,17,19-20H2,1-6H3,(H,40,54)(H,41,53)(H,42,48)(H,56,57,58)/t22-,27-,28+,29-,33-,34-,35-/m0/s1. The highest BCUT2D eigenvalue weighted by molar-refractivity contribution is 7.85. The van der Waals surface area contributed by atoms with Crippen molar-refractivity contribution in [3.05, 3.63) is 53.4 Å². The Balaban J connectivity index is 1.43. The second-order valence-corrected chi connectivity index (χ2v) is 18.0. The Morgan fingerprint density at radius 3 is 2.28 bits per heavy atom. The molecule has 5 amide bonds. The lowest BCUT2D eigenvalue weighted by molar-refractivity contribution is -0.188. The van der Waals surface area contributed by atoms with Crippen molar-refractivity contribution in [1.82, 2.24) is 30.5 Å². The van der Waals surface area contributed by atoms with Gasteiger partial charge in [-0.15, -0.1) is 5.10 Å². The summed E-state index contributed by atoms with van der Waals surface area (Å²) in [6.45, 7) is 9.63. The third-order valence-electron chi connectivity index (χ3n) is 9.99. The average Bonchev–Trinajstić information content (AvgIpc) is 3.78. The van der Waals surface area contributed by atoms with Gasteiger partial charge in [0.05, 0.1) is 42.5 Å². The molecule has 0 aliphatic carbocycles. The monoisotopic (exact) mass is 877 g/mol. The number of aryl methyl sites for hydroxylation is 2. The van der Waals surface area contributed by atoms with Gasteiger partial charge in [0.2, 0.25) is 17.7 Å². The summed E-state index contributed by atoms with van der Waals surface area (Å²) < 4.78 is 43.6. The molecule has 336 valence electrons. The molecular formula is C39H55N7O14S. The Hall–Kier alpha value is -5.13. The number of ether oxygens (including phenoxy) is 2. The highest BCUT2D eigenvalue weighted by atomic mass is 32.2. The first-order valence-electron chi connectivity index (χ1n) is 19.7. The number of hydrogen-bond donors (Lipinski definition) is 7. The van der Waals surface area contributed by atoms with Crippen LogP contribution in [-0.2, 0) is 67.9 Å². The van der Waals surface area contributed by atoms with Gasteiger partial charge in [-0.25, -0.2) is 0 Å². The summed E-state index contributed by atoms with van der Waals surface area (Å²) in [7, 11) is -4.23. The number of imide groups is 1. The fourth-order valence-corrected chi connectivity index (χ4v) is 6.94. The van der Waals surface area contributed by atoms with Crippen molar-refractivity contribution in [2.24, 2.45) is 11.3 Å². The quantitative estimate of drug-likeness (QED) is 0.0541. The van der Waals surface area contributed by atoms with Crippen LogP contribution in [0.25, 0.3) is 0 Å². The molecule has 61 heavy (non-hydrogen) atoms. The molecule has 0 bridgehead atoms. The first-order valence-corrected chi connectivity index (χ1v) is 21.3. The predicted octanol–water partition coefficient (Wildman–Crippen LogP) is -0.300. The number of aromatic nitrogens is 3. The van der Waals surface area contributed by atoms with Crippen molar-refractivity contribution >= 4 is 51.3 Å². The number of carbonyl (C=O) groups is 6. The average molecular weight is 878 g/mol. The predicted molar refractivity (Wildman–Crippen MR) is 214 cm³/mol. The summed E-state index contributed by atoms with van der Waals surface area (Å²) in [4.78, 5) is 79.1. The topological polar surface area (TPSA) is 306 Å². The highest BCUT2D eigenvalue weighted by Crippen LogP contribution is 2.27. The molecule has 0 radical (unpaired) electrons. The van der Waals surface area contributed by atoms with Crippen molar-refractivity contribution in [3.8, 4) is 0 Å². The molecule has 1 saturated heterocycles. The summed E-state index contributed by atoms with van der Waals surface area (Å²) in [6, 6.07) is 1.31. The van der Waals surface area contributed by atoms with Crippen LogP contribution >= 0.6 is 0 Å². The number of nitrogens with zero attached hydrogens (tertiary/aromatic N) is 4. The van der Waals surface area contributed by atoms with E-state index in [0.29, 0.717) is 16.8 Å². The second kappa shape index (κ2) is 20.6. The van der Waals surface area contributed by atoms with Crippen LogP contribution in [0.3, 0.4) is 0 Å². The van der Waals surface area contributed by atoms with E-state index in [-0.39, 0.29) is 44.7 Å². The summed E-state index contributed by atoms with van der Waals surface area (Å²) >= 11 is 0. The van der Waals surface area contributed by atoms with E-state index < -0.39 is 112 Å². The maximum Gasteiger partial charge on any atom is 0.311 e. The van der Waals surface area contributed by atoms with E-state index >= 15 is 0 Å². The minimum absolute atomic E-state index is 0.00748. The number of esters is 1. The van der Waals surface area contributed by atoms with Gasteiger partial charge in [-0.2, -0.15) is 8.42 Å². The molecule has 7 atom stereocenters. The smallest absolute Gasteiger partial charge is 0.311 e. The first kappa shape index (κ1) is 48.5. The molecule has 1 aromatic heterocycles. The van der Waals surface area contributed by atoms with Crippen molar-refractivity contribution in [2.45, 2.75) is 123 Å². The molecule has 7 N–H and O–H groups in total. The number of amides is 5. The SMILES string of the molecule is CC(C)[C@H](NC(=O)C[C@@H](c1cn(CCCS(=O)(=O)O)nn1)N1C(=O)C=CC1=O)C(=O)N[C@@H](C)C(=O)Nc1ccc(COC(=O)C(C)(C)C)c(CC[C@@H]2OC[C@@H](O)[C@H](O)[C@H]2O)c1. The van der Waals surface area contributed by atoms with Gasteiger partial charge in [-0.1, -0.05) is 25.1 Å². The molecule has 3 heterocycles. The van der Waals surface area contributed by atoms with Gasteiger partial charge in [-0.05, 0) is 76.1 Å². The van der Waals surface area contributed by atoms with E-state index in [0.717, 1.165) is 17.1 Å². The summed E-state index contributed by atoms with van der Waals surface area (Å²) in [5.74, 6) is -5.01. The van der Waals surface area contributed by atoms with Crippen molar-refractivity contribution in [3.63, 3.8) is 0 Å². The number of nitrogens with one attached hydrogen (secondary N) is 3. The third-order valence-corrected chi connectivity index (χ3v) is 10.8. The molecule has 0 saturated carbocycles. The number of rotatable bonds is 19. The number of hydrogen-bond acceptors (Lipinski definition) is 15. The van der Waals surface area contributed by atoms with Crippen molar-refractivity contribution < 1.29 is 66.5 Å². The maximum atomic E-state index is 13.6. The van der Waals surface area contributed by atoms with Gasteiger partial charge in [0.1, 0.15) is 42.7 Å². The van der Waals surface area contributed by atoms with E-state index in [1.165, 1.54) is 17.8 Å². The molecular weight excluding hydrogens is 823 g/mol. The fourth-order valence-electron chi connectivity index (χ4n) is 6.45. The largest absolute Gasteiger partial charge is 0.460 e. The van der Waals surface area contributed by atoms with Gasteiger partial charge in [-0.3, -0.25) is 42.9 Å². The Labute approximate surface area is 353 Å². The van der Waals surface area contributed by atoms with Crippen LogP contribution < -0.4 is 16.0 Å². The molecule has 2 aromatic rings. The lowest BCUT2D eigenvalue weighted by Gasteiger charge is -2.35. The second-order valence-electron chi connectivity index (χ2n) is 16.4. The number of aliphatic hydroxyl groups is 3. The summed E-state index contributed by atoms with van der Waals surface area (Å²) in [6.07, 6.45) is -1.51. The molecule has 4 rings (SSSR count). The van der Waals surface area contributed by atoms with E-state index in [2.05, 4.69) is 26.3 Å². The Morgan fingerprint density at radius 2 is 1.66 bits per heavy atom. The van der Waals surface area contributed by atoms with Gasteiger partial charge in [0.15, 0.2) is 0 Å². The number of benzene rings is 1. The Morgan fingerprint density at radius 1 is 0.984 bits per heavy atom. The maximum absolute atomic E-state index is 13.6. The molecule has 21 nitrogen and oxygen atoms in total. The number of anilines is 1. The molecule has 1 fully saturated rings. The molecule has 0 unspecified atom stereocenters. The first-order chi connectivity index (χ1) is 28.4. The number of carbonyl (C=O) groups excluding carboxylic acids is 6. The van der Waals surface area contributed by atoms with Crippen molar-refractivity contribution in [1.29, 1.82) is 0 Å². The van der Waals surface area contributed by atoms with Gasteiger partial charge >= 0.3 is 5.97 Å². The van der Waals surface area contributed by atoms with Crippen LogP contribution in [0.1, 0.15) is 83.7 Å². The zero-order chi connectivity index (χ0) is 45.4. The minimum Gasteiger partial charge on any atom is -0.460 e. The number of aliphatic hydroxyl groups excluding tert-OH is 3. The van der Waals surface area contributed by atoms with Crippen LogP contribution in [0.15, 0.2) is 36.5 Å². The van der Waals surface area contributed by atoms with Gasteiger partial charge in [0, 0.05) is 24.4 Å². The Kier molecular flexibility index (Phi) is 16.4. The van der Waals surface area contributed by atoms with E-state index in [4.69, 9.17) is 14.0 Å². The molecule has 1 aromatic carbocycles. The van der Waals surface area contributed by atoms with Crippen LogP contribution in [0.4, 0.5) is 5.69 Å². The van der Waals surface area contributed by atoms with E-state index in [1.807, 2.05) is 0 Å². The molecule has 22 heteroatoms. The lowest BCUT2D eigenvalue weighted by Crippen LogP contribution is -2.54. The van der Waals surface area contributed by atoms with Crippen molar-refractivity contribution in [2.75, 3.05) is 17.7 Å². The van der Waals surface area contributed by atoms with E-state index in [9.17, 15) is 52.5 Å². The van der Waals surface area contributed by atoms with Crippen LogP contribution in [0, 0.1) is 11.3 Å². The fraction of sp³-hybridized carbons (Fsp3) is 0.590.